The average Bonchev–Trinajstić information content (AvgIpc) is 2.66. The summed E-state index contributed by atoms with van der Waals surface area (Å²) < 4.78 is 59.4. The van der Waals surface area contributed by atoms with E-state index in [2.05, 4.69) is 0 Å². The Morgan fingerprint density at radius 2 is 1.04 bits per heavy atom. The SMILES string of the molecule is Nc1c(OS(=O)(=O)c2ccccc2)cc(O)cc1OS(=O)(=O)c1ccccc1. The molecule has 3 aromatic rings. The molecule has 0 unspecified atom stereocenters. The Labute approximate surface area is 162 Å². The summed E-state index contributed by atoms with van der Waals surface area (Å²) in [6.45, 7) is 0. The summed E-state index contributed by atoms with van der Waals surface area (Å²) >= 11 is 0. The van der Waals surface area contributed by atoms with E-state index in [0.717, 1.165) is 12.1 Å². The maximum absolute atomic E-state index is 12.4. The van der Waals surface area contributed by atoms with Crippen molar-refractivity contribution in [3.63, 3.8) is 0 Å². The second-order valence-electron chi connectivity index (χ2n) is 5.56. The highest BCUT2D eigenvalue weighted by molar-refractivity contribution is 7.87. The second-order valence-corrected chi connectivity index (χ2v) is 8.65. The van der Waals surface area contributed by atoms with Crippen molar-refractivity contribution in [2.24, 2.45) is 0 Å². The Morgan fingerprint density at radius 3 is 1.39 bits per heavy atom. The molecule has 0 aliphatic heterocycles. The number of nitrogens with two attached hydrogens (primary N) is 1. The third-order valence-electron chi connectivity index (χ3n) is 3.55. The summed E-state index contributed by atoms with van der Waals surface area (Å²) in [5.41, 5.74) is 5.43. The van der Waals surface area contributed by atoms with Crippen molar-refractivity contribution in [3.05, 3.63) is 72.8 Å². The van der Waals surface area contributed by atoms with Gasteiger partial charge in [0.15, 0.2) is 11.5 Å². The van der Waals surface area contributed by atoms with Crippen molar-refractivity contribution in [2.75, 3.05) is 5.73 Å². The van der Waals surface area contributed by atoms with Crippen LogP contribution in [0.1, 0.15) is 0 Å². The third kappa shape index (κ3) is 4.18. The summed E-state index contributed by atoms with van der Waals surface area (Å²) in [5.74, 6) is -1.44. The van der Waals surface area contributed by atoms with Crippen LogP contribution >= 0.6 is 0 Å². The first-order valence-electron chi connectivity index (χ1n) is 7.80. The Hall–Kier alpha value is -3.24. The molecule has 3 N–H and O–H groups in total. The molecule has 0 bridgehead atoms. The van der Waals surface area contributed by atoms with Crippen LogP contribution in [-0.2, 0) is 20.2 Å². The molecule has 28 heavy (non-hydrogen) atoms. The lowest BCUT2D eigenvalue weighted by atomic mass is 10.2. The molecule has 0 aliphatic rings. The molecule has 0 fully saturated rings. The minimum Gasteiger partial charge on any atom is -0.508 e. The Bertz CT molecular complexity index is 1100. The molecule has 10 heteroatoms. The number of aromatic hydroxyl groups is 1. The predicted molar refractivity (Wildman–Crippen MR) is 101 cm³/mol. The number of hydrogen-bond acceptors (Lipinski definition) is 8. The van der Waals surface area contributed by atoms with Gasteiger partial charge in [-0.2, -0.15) is 16.8 Å². The number of nitrogen functional groups attached to an aromatic ring is 1. The fourth-order valence-corrected chi connectivity index (χ4v) is 4.15. The van der Waals surface area contributed by atoms with Crippen molar-refractivity contribution >= 4 is 25.9 Å². The van der Waals surface area contributed by atoms with Crippen LogP contribution in [0.4, 0.5) is 5.69 Å². The van der Waals surface area contributed by atoms with E-state index in [1.165, 1.54) is 48.5 Å². The molecule has 0 spiro atoms. The fourth-order valence-electron chi connectivity index (χ4n) is 2.23. The van der Waals surface area contributed by atoms with Gasteiger partial charge in [-0.05, 0) is 24.3 Å². The zero-order valence-corrected chi connectivity index (χ0v) is 15.9. The van der Waals surface area contributed by atoms with Crippen molar-refractivity contribution in [1.29, 1.82) is 0 Å². The number of phenolic OH excluding ortho intramolecular Hbond substituents is 1. The molecule has 0 aliphatic carbocycles. The van der Waals surface area contributed by atoms with E-state index < -0.39 is 43.2 Å². The maximum atomic E-state index is 12.4. The summed E-state index contributed by atoms with van der Waals surface area (Å²) in [6, 6.07) is 16.4. The van der Waals surface area contributed by atoms with Crippen LogP contribution in [-0.4, -0.2) is 21.9 Å². The van der Waals surface area contributed by atoms with E-state index in [0.29, 0.717) is 0 Å². The number of hydrogen-bond donors (Lipinski definition) is 2. The van der Waals surface area contributed by atoms with Gasteiger partial charge >= 0.3 is 20.2 Å². The normalized spacial score (nSPS) is 11.7. The average molecular weight is 421 g/mol. The zero-order chi connectivity index (χ0) is 20.4. The molecule has 0 radical (unpaired) electrons. The van der Waals surface area contributed by atoms with Crippen LogP contribution in [0.5, 0.6) is 17.2 Å². The molecule has 0 saturated heterocycles. The summed E-state index contributed by atoms with van der Waals surface area (Å²) in [4.78, 5) is -0.283. The van der Waals surface area contributed by atoms with Crippen LogP contribution in [0.3, 0.4) is 0 Å². The fraction of sp³-hybridized carbons (Fsp3) is 0. The molecule has 0 amide bonds. The monoisotopic (exact) mass is 421 g/mol. The van der Waals surface area contributed by atoms with Gasteiger partial charge in [0.1, 0.15) is 21.2 Å². The standard InChI is InChI=1S/C18H15NO7S2/c19-18-16(25-27(21,22)14-7-3-1-4-8-14)11-13(20)12-17(18)26-28(23,24)15-9-5-2-6-10-15/h1-12,20H,19H2. The van der Waals surface area contributed by atoms with E-state index in [9.17, 15) is 21.9 Å². The lowest BCUT2D eigenvalue weighted by Gasteiger charge is -2.14. The van der Waals surface area contributed by atoms with E-state index >= 15 is 0 Å². The Balaban J connectivity index is 1.97. The van der Waals surface area contributed by atoms with Gasteiger partial charge in [0.05, 0.1) is 0 Å². The lowest BCUT2D eigenvalue weighted by Crippen LogP contribution is -2.13. The smallest absolute Gasteiger partial charge is 0.339 e. The van der Waals surface area contributed by atoms with E-state index in [1.54, 1.807) is 12.1 Å². The molecule has 0 atom stereocenters. The summed E-state index contributed by atoms with van der Waals surface area (Å²) in [5, 5.41) is 9.85. The van der Waals surface area contributed by atoms with Crippen LogP contribution in [0.15, 0.2) is 82.6 Å². The molecular formula is C18H15NO7S2. The topological polar surface area (TPSA) is 133 Å². The van der Waals surface area contributed by atoms with Gasteiger partial charge in [-0.3, -0.25) is 0 Å². The highest BCUT2D eigenvalue weighted by atomic mass is 32.2. The van der Waals surface area contributed by atoms with Crippen molar-refractivity contribution in [1.82, 2.24) is 0 Å². The zero-order valence-electron chi connectivity index (χ0n) is 14.2. The molecule has 146 valence electrons. The van der Waals surface area contributed by atoms with Gasteiger partial charge in [-0.25, -0.2) is 0 Å². The van der Waals surface area contributed by atoms with Crippen LogP contribution in [0.25, 0.3) is 0 Å². The van der Waals surface area contributed by atoms with Gasteiger partial charge in [-0.15, -0.1) is 0 Å². The largest absolute Gasteiger partial charge is 0.508 e. The number of phenols is 1. The lowest BCUT2D eigenvalue weighted by molar-refractivity contribution is 0.454. The first-order chi connectivity index (χ1) is 13.2. The molecule has 0 saturated carbocycles. The van der Waals surface area contributed by atoms with Crippen molar-refractivity contribution in [3.8, 4) is 17.2 Å². The number of rotatable bonds is 6. The van der Waals surface area contributed by atoms with Crippen molar-refractivity contribution in [2.45, 2.75) is 9.79 Å². The van der Waals surface area contributed by atoms with Gasteiger partial charge in [-0.1, -0.05) is 36.4 Å². The molecule has 3 aromatic carbocycles. The van der Waals surface area contributed by atoms with Gasteiger partial charge in [0, 0.05) is 12.1 Å². The minimum absolute atomic E-state index is 0.142. The quantitative estimate of drug-likeness (QED) is 0.352. The first kappa shape index (κ1) is 19.5. The molecule has 0 heterocycles. The van der Waals surface area contributed by atoms with Gasteiger partial charge in [0.25, 0.3) is 0 Å². The van der Waals surface area contributed by atoms with E-state index in [1.807, 2.05) is 0 Å². The summed E-state index contributed by atoms with van der Waals surface area (Å²) in [6.07, 6.45) is 0. The highest BCUT2D eigenvalue weighted by Crippen LogP contribution is 2.39. The summed E-state index contributed by atoms with van der Waals surface area (Å²) in [7, 11) is -8.52. The Kier molecular flexibility index (Phi) is 5.16. The second kappa shape index (κ2) is 7.41. The van der Waals surface area contributed by atoms with E-state index in [4.69, 9.17) is 14.1 Å². The minimum atomic E-state index is -4.26. The van der Waals surface area contributed by atoms with Crippen LogP contribution in [0.2, 0.25) is 0 Å². The van der Waals surface area contributed by atoms with Crippen molar-refractivity contribution < 1.29 is 30.3 Å². The Morgan fingerprint density at radius 1 is 0.679 bits per heavy atom. The van der Waals surface area contributed by atoms with Gasteiger partial charge in [0.2, 0.25) is 0 Å². The molecular weight excluding hydrogens is 406 g/mol. The predicted octanol–water partition coefficient (Wildman–Crippen LogP) is 2.51. The molecule has 0 aromatic heterocycles. The van der Waals surface area contributed by atoms with Crippen LogP contribution < -0.4 is 14.1 Å². The van der Waals surface area contributed by atoms with Crippen LogP contribution in [0, 0.1) is 0 Å². The highest BCUT2D eigenvalue weighted by Gasteiger charge is 2.23. The maximum Gasteiger partial charge on any atom is 0.339 e. The molecule has 3 rings (SSSR count). The first-order valence-corrected chi connectivity index (χ1v) is 10.6. The third-order valence-corrected chi connectivity index (χ3v) is 6.05. The van der Waals surface area contributed by atoms with E-state index in [-0.39, 0.29) is 9.79 Å². The van der Waals surface area contributed by atoms with Gasteiger partial charge < -0.3 is 19.2 Å². The number of benzene rings is 3. The number of anilines is 1. The molecule has 8 nitrogen and oxygen atoms in total.